The molecule has 2 heterocycles. The van der Waals surface area contributed by atoms with Crippen LogP contribution in [0.3, 0.4) is 0 Å². The molecule has 1 aromatic heterocycles. The van der Waals surface area contributed by atoms with Crippen LogP contribution in [0.2, 0.25) is 0 Å². The average molecular weight is 252 g/mol. The largest absolute Gasteiger partial charge is 0.481 e. The summed E-state index contributed by atoms with van der Waals surface area (Å²) in [5.74, 6) is 0.578. The van der Waals surface area contributed by atoms with Crippen molar-refractivity contribution in [1.82, 2.24) is 10.3 Å². The number of rotatable bonds is 6. The van der Waals surface area contributed by atoms with E-state index >= 15 is 0 Å². The summed E-state index contributed by atoms with van der Waals surface area (Å²) in [5.41, 5.74) is 0.955. The van der Waals surface area contributed by atoms with E-state index in [1.165, 1.54) is 0 Å². The Bertz CT molecular complexity index is 350. The molecule has 0 saturated carbocycles. The molecule has 1 fully saturated rings. The summed E-state index contributed by atoms with van der Waals surface area (Å²) in [6.45, 7) is 1.65. The van der Waals surface area contributed by atoms with Crippen molar-refractivity contribution >= 4 is 0 Å². The minimum atomic E-state index is -0.104. The van der Waals surface area contributed by atoms with Gasteiger partial charge in [0.25, 0.3) is 0 Å². The number of hydrogen-bond donors (Lipinski definition) is 2. The number of nitrogens with one attached hydrogen (secondary N) is 1. The molecule has 2 N–H and O–H groups in total. The van der Waals surface area contributed by atoms with Crippen molar-refractivity contribution in [2.24, 2.45) is 0 Å². The molecule has 0 radical (unpaired) electrons. The zero-order chi connectivity index (χ0) is 12.8. The molecular weight excluding hydrogens is 232 g/mol. The van der Waals surface area contributed by atoms with Crippen LogP contribution in [0.15, 0.2) is 18.3 Å². The normalized spacial score (nSPS) is 20.9. The van der Waals surface area contributed by atoms with Crippen molar-refractivity contribution < 1.29 is 14.6 Å². The van der Waals surface area contributed by atoms with Gasteiger partial charge in [0.15, 0.2) is 0 Å². The summed E-state index contributed by atoms with van der Waals surface area (Å²) >= 11 is 0. The smallest absolute Gasteiger partial charge is 0.212 e. The van der Waals surface area contributed by atoms with Crippen molar-refractivity contribution in [3.05, 3.63) is 23.9 Å². The lowest BCUT2D eigenvalue weighted by Gasteiger charge is -2.19. The molecule has 0 amide bonds. The standard InChI is InChI=1S/C13H20N2O3/c1-17-13-5-4-10(7-15-13)12(9-16)14-8-11-3-2-6-18-11/h4-5,7,11-12,14,16H,2-3,6,8-9H2,1H3. The SMILES string of the molecule is COc1ccc(C(CO)NCC2CCCO2)cn1. The van der Waals surface area contributed by atoms with Crippen LogP contribution in [-0.2, 0) is 4.74 Å². The molecule has 2 atom stereocenters. The van der Waals surface area contributed by atoms with Gasteiger partial charge in [0.1, 0.15) is 0 Å². The molecule has 1 aliphatic heterocycles. The molecule has 1 saturated heterocycles. The summed E-state index contributed by atoms with van der Waals surface area (Å²) in [6, 6.07) is 3.61. The van der Waals surface area contributed by atoms with Gasteiger partial charge in [0.05, 0.1) is 25.9 Å². The predicted octanol–water partition coefficient (Wildman–Crippen LogP) is 0.892. The van der Waals surface area contributed by atoms with Crippen LogP contribution < -0.4 is 10.1 Å². The van der Waals surface area contributed by atoms with Gasteiger partial charge in [0, 0.05) is 25.4 Å². The number of pyridine rings is 1. The molecule has 0 aromatic carbocycles. The summed E-state index contributed by atoms with van der Waals surface area (Å²) in [7, 11) is 1.58. The van der Waals surface area contributed by atoms with Crippen molar-refractivity contribution in [1.29, 1.82) is 0 Å². The molecule has 5 heteroatoms. The van der Waals surface area contributed by atoms with Crippen LogP contribution >= 0.6 is 0 Å². The maximum atomic E-state index is 9.42. The third kappa shape index (κ3) is 3.41. The lowest BCUT2D eigenvalue weighted by atomic mass is 10.1. The second-order valence-corrected chi connectivity index (χ2v) is 4.41. The zero-order valence-electron chi connectivity index (χ0n) is 10.6. The van der Waals surface area contributed by atoms with Gasteiger partial charge in [-0.25, -0.2) is 4.98 Å². The molecule has 100 valence electrons. The Morgan fingerprint density at radius 2 is 2.50 bits per heavy atom. The van der Waals surface area contributed by atoms with E-state index in [1.54, 1.807) is 19.4 Å². The van der Waals surface area contributed by atoms with Gasteiger partial charge >= 0.3 is 0 Å². The van der Waals surface area contributed by atoms with Gasteiger partial charge in [-0.2, -0.15) is 0 Å². The van der Waals surface area contributed by atoms with Gasteiger partial charge in [-0.1, -0.05) is 6.07 Å². The number of methoxy groups -OCH3 is 1. The van der Waals surface area contributed by atoms with Gasteiger partial charge < -0.3 is 19.9 Å². The molecule has 18 heavy (non-hydrogen) atoms. The molecule has 0 bridgehead atoms. The van der Waals surface area contributed by atoms with Crippen molar-refractivity contribution in [3.8, 4) is 5.88 Å². The highest BCUT2D eigenvalue weighted by atomic mass is 16.5. The Balaban J connectivity index is 1.89. The minimum Gasteiger partial charge on any atom is -0.481 e. The van der Waals surface area contributed by atoms with Crippen LogP contribution in [0.4, 0.5) is 0 Å². The van der Waals surface area contributed by atoms with Crippen LogP contribution in [0, 0.1) is 0 Å². The highest BCUT2D eigenvalue weighted by Crippen LogP contribution is 2.16. The zero-order valence-corrected chi connectivity index (χ0v) is 10.6. The third-order valence-electron chi connectivity index (χ3n) is 3.17. The number of nitrogens with zero attached hydrogens (tertiary/aromatic N) is 1. The Morgan fingerprint density at radius 3 is 3.06 bits per heavy atom. The van der Waals surface area contributed by atoms with Crippen LogP contribution in [0.25, 0.3) is 0 Å². The first kappa shape index (κ1) is 13.3. The Morgan fingerprint density at radius 1 is 1.61 bits per heavy atom. The molecule has 5 nitrogen and oxygen atoms in total. The highest BCUT2D eigenvalue weighted by Gasteiger charge is 2.18. The van der Waals surface area contributed by atoms with E-state index in [-0.39, 0.29) is 18.8 Å². The summed E-state index contributed by atoms with van der Waals surface area (Å²) in [5, 5.41) is 12.7. The minimum absolute atomic E-state index is 0.0424. The van der Waals surface area contributed by atoms with Crippen LogP contribution in [0.5, 0.6) is 5.88 Å². The molecule has 0 aliphatic carbocycles. The van der Waals surface area contributed by atoms with Gasteiger partial charge in [-0.15, -0.1) is 0 Å². The van der Waals surface area contributed by atoms with E-state index in [4.69, 9.17) is 9.47 Å². The van der Waals surface area contributed by atoms with E-state index in [2.05, 4.69) is 10.3 Å². The second-order valence-electron chi connectivity index (χ2n) is 4.41. The number of ether oxygens (including phenoxy) is 2. The number of aromatic nitrogens is 1. The quantitative estimate of drug-likeness (QED) is 0.787. The van der Waals surface area contributed by atoms with E-state index < -0.39 is 0 Å². The van der Waals surface area contributed by atoms with Crippen LogP contribution in [-0.4, -0.2) is 43.1 Å². The average Bonchev–Trinajstić information content (AvgIpc) is 2.93. The third-order valence-corrected chi connectivity index (χ3v) is 3.17. The van der Waals surface area contributed by atoms with E-state index in [0.29, 0.717) is 5.88 Å². The fourth-order valence-corrected chi connectivity index (χ4v) is 2.09. The Labute approximate surface area is 107 Å². The van der Waals surface area contributed by atoms with Gasteiger partial charge in [-0.05, 0) is 18.4 Å². The molecule has 1 aromatic rings. The summed E-state index contributed by atoms with van der Waals surface area (Å²) in [4.78, 5) is 4.14. The van der Waals surface area contributed by atoms with Crippen molar-refractivity contribution in [2.75, 3.05) is 26.9 Å². The van der Waals surface area contributed by atoms with E-state index in [9.17, 15) is 5.11 Å². The first-order valence-electron chi connectivity index (χ1n) is 6.29. The Hall–Kier alpha value is -1.17. The lowest BCUT2D eigenvalue weighted by molar-refractivity contribution is 0.104. The van der Waals surface area contributed by atoms with E-state index in [1.807, 2.05) is 6.07 Å². The molecular formula is C13H20N2O3. The fraction of sp³-hybridized carbons (Fsp3) is 0.615. The summed E-state index contributed by atoms with van der Waals surface area (Å²) < 4.78 is 10.6. The predicted molar refractivity (Wildman–Crippen MR) is 67.6 cm³/mol. The molecule has 1 aliphatic rings. The van der Waals surface area contributed by atoms with Crippen molar-refractivity contribution in [2.45, 2.75) is 25.0 Å². The monoisotopic (exact) mass is 252 g/mol. The van der Waals surface area contributed by atoms with E-state index in [0.717, 1.165) is 31.6 Å². The Kier molecular flexibility index (Phi) is 4.92. The second kappa shape index (κ2) is 6.68. The highest BCUT2D eigenvalue weighted by molar-refractivity contribution is 5.20. The van der Waals surface area contributed by atoms with Crippen LogP contribution in [0.1, 0.15) is 24.4 Å². The topological polar surface area (TPSA) is 63.6 Å². The number of aliphatic hydroxyl groups is 1. The van der Waals surface area contributed by atoms with Crippen molar-refractivity contribution in [3.63, 3.8) is 0 Å². The fourth-order valence-electron chi connectivity index (χ4n) is 2.09. The number of aliphatic hydroxyl groups excluding tert-OH is 1. The molecule has 2 rings (SSSR count). The molecule has 2 unspecified atom stereocenters. The van der Waals surface area contributed by atoms with Gasteiger partial charge in [-0.3, -0.25) is 0 Å². The first-order chi connectivity index (χ1) is 8.83. The first-order valence-corrected chi connectivity index (χ1v) is 6.29. The summed E-state index contributed by atoms with van der Waals surface area (Å²) in [6.07, 6.45) is 4.21. The number of hydrogen-bond acceptors (Lipinski definition) is 5. The molecule has 0 spiro atoms. The van der Waals surface area contributed by atoms with Gasteiger partial charge in [0.2, 0.25) is 5.88 Å². The lowest BCUT2D eigenvalue weighted by Crippen LogP contribution is -2.32. The maximum absolute atomic E-state index is 9.42. The maximum Gasteiger partial charge on any atom is 0.212 e.